The highest BCUT2D eigenvalue weighted by molar-refractivity contribution is 7.71. The number of hydrogen-bond acceptors (Lipinski definition) is 10. The van der Waals surface area contributed by atoms with E-state index in [1.165, 1.54) is 62.6 Å². The Labute approximate surface area is 277 Å². The van der Waals surface area contributed by atoms with Crippen LogP contribution in [0.4, 0.5) is 13.2 Å². The number of aliphatic hydroxyl groups is 2. The Hall–Kier alpha value is -1.69. The standard InChI is InChI=1S/C29H49F3N3O10PS/c1-3-4-5-6-7-8-9-10-11-12-13-14-17-42-18-21(33-25(38)29(30,31)32)19-43-46(40,41)44-20-22-24(37)28(2,39)26(45-22)35-16-15-23(36)34-27(35)47/h15-16,21-22,24,26,37,39H,3-14,17-20H2,1-2H3,(H,33,38)(H,40,41)(H,34,36,47)/t21-,22-,24+,26-,28?/m1/s1. The van der Waals surface area contributed by atoms with Gasteiger partial charge in [0, 0.05) is 18.9 Å². The smallest absolute Gasteiger partial charge is 0.387 e. The van der Waals surface area contributed by atoms with Gasteiger partial charge in [-0.05, 0) is 25.6 Å². The first-order valence-corrected chi connectivity index (χ1v) is 17.9. The Kier molecular flexibility index (Phi) is 17.7. The molecule has 1 aromatic rings. The van der Waals surface area contributed by atoms with Crippen LogP contribution in [0.15, 0.2) is 17.1 Å². The third-order valence-electron chi connectivity index (χ3n) is 7.75. The molecule has 2 rings (SSSR count). The Morgan fingerprint density at radius 1 is 1.11 bits per heavy atom. The van der Waals surface area contributed by atoms with E-state index in [0.717, 1.165) is 31.7 Å². The molecule has 2 heterocycles. The number of alkyl halides is 3. The van der Waals surface area contributed by atoms with E-state index in [1.54, 1.807) is 5.32 Å². The molecule has 1 aliphatic heterocycles. The molecule has 6 atom stereocenters. The minimum Gasteiger partial charge on any atom is -0.387 e. The molecule has 1 aromatic heterocycles. The Morgan fingerprint density at radius 3 is 2.23 bits per heavy atom. The van der Waals surface area contributed by atoms with E-state index in [2.05, 4.69) is 11.9 Å². The van der Waals surface area contributed by atoms with Gasteiger partial charge in [-0.3, -0.25) is 28.2 Å². The molecule has 0 aliphatic carbocycles. The van der Waals surface area contributed by atoms with Gasteiger partial charge in [-0.1, -0.05) is 77.6 Å². The third-order valence-corrected chi connectivity index (χ3v) is 9.02. The molecule has 0 spiro atoms. The lowest BCUT2D eigenvalue weighted by atomic mass is 9.96. The number of halogens is 3. The molecular formula is C29H49F3N3O10PS. The highest BCUT2D eigenvalue weighted by Gasteiger charge is 2.53. The zero-order valence-corrected chi connectivity index (χ0v) is 28.6. The molecule has 1 fully saturated rings. The summed E-state index contributed by atoms with van der Waals surface area (Å²) in [6.07, 6.45) is 5.19. The van der Waals surface area contributed by atoms with Crippen LogP contribution < -0.4 is 10.9 Å². The maximum absolute atomic E-state index is 12.9. The summed E-state index contributed by atoms with van der Waals surface area (Å²) in [6.45, 7) is 1.55. The number of ether oxygens (including phenoxy) is 2. The zero-order chi connectivity index (χ0) is 35.1. The normalized spacial score (nSPS) is 23.4. The monoisotopic (exact) mass is 719 g/mol. The first-order chi connectivity index (χ1) is 22.1. The fourth-order valence-electron chi connectivity index (χ4n) is 5.05. The molecule has 18 heteroatoms. The van der Waals surface area contributed by atoms with Crippen LogP contribution in [0, 0.1) is 4.77 Å². The van der Waals surface area contributed by atoms with Crippen LogP contribution in [0.2, 0.25) is 0 Å². The SMILES string of the molecule is CCCCCCCCCCCCCCOC[C@H](COP(=O)(O)OC[C@H]1O[C@@H](n2ccc(=O)[nH]c2=S)C(C)(O)[C@H]1O)NC(=O)C(F)(F)F. The number of rotatable bonds is 23. The minimum absolute atomic E-state index is 0.124. The highest BCUT2D eigenvalue weighted by atomic mass is 32.1. The summed E-state index contributed by atoms with van der Waals surface area (Å²) >= 11 is 5.07. The van der Waals surface area contributed by atoms with Gasteiger partial charge in [-0.25, -0.2) is 4.57 Å². The highest BCUT2D eigenvalue weighted by Crippen LogP contribution is 2.45. The minimum atomic E-state index is -5.20. The van der Waals surface area contributed by atoms with Crippen molar-refractivity contribution in [3.05, 3.63) is 27.4 Å². The van der Waals surface area contributed by atoms with Gasteiger partial charge in [0.1, 0.15) is 17.8 Å². The van der Waals surface area contributed by atoms with Crippen LogP contribution in [0.1, 0.15) is 97.1 Å². The van der Waals surface area contributed by atoms with Gasteiger partial charge in [0.05, 0.1) is 25.9 Å². The Bertz CT molecular complexity index is 1250. The van der Waals surface area contributed by atoms with Crippen molar-refractivity contribution in [1.29, 1.82) is 0 Å². The molecule has 5 N–H and O–H groups in total. The predicted octanol–water partition coefficient (Wildman–Crippen LogP) is 4.81. The van der Waals surface area contributed by atoms with E-state index >= 15 is 0 Å². The van der Waals surface area contributed by atoms with Crippen molar-refractivity contribution in [1.82, 2.24) is 14.9 Å². The van der Waals surface area contributed by atoms with Crippen molar-refractivity contribution in [2.75, 3.05) is 26.4 Å². The summed E-state index contributed by atoms with van der Waals surface area (Å²) in [5.41, 5.74) is -2.50. The number of phosphoric ester groups is 1. The lowest BCUT2D eigenvalue weighted by molar-refractivity contribution is -0.175. The summed E-state index contributed by atoms with van der Waals surface area (Å²) in [5, 5.41) is 23.1. The average molecular weight is 720 g/mol. The molecule has 1 saturated heterocycles. The molecule has 13 nitrogen and oxygen atoms in total. The largest absolute Gasteiger partial charge is 0.472 e. The number of unbranched alkanes of at least 4 members (excludes halogenated alkanes) is 11. The number of hydrogen-bond donors (Lipinski definition) is 5. The molecule has 1 aliphatic rings. The zero-order valence-electron chi connectivity index (χ0n) is 26.9. The quantitative estimate of drug-likeness (QED) is 0.0595. The summed E-state index contributed by atoms with van der Waals surface area (Å²) < 4.78 is 73.0. The van der Waals surface area contributed by atoms with Gasteiger partial charge in [0.15, 0.2) is 11.0 Å². The van der Waals surface area contributed by atoms with Gasteiger partial charge in [0.25, 0.3) is 5.56 Å². The second kappa shape index (κ2) is 20.1. The molecule has 0 aromatic carbocycles. The van der Waals surface area contributed by atoms with Crippen molar-refractivity contribution < 1.29 is 56.2 Å². The number of carbonyl (C=O) groups excluding carboxylic acids is 1. The van der Waals surface area contributed by atoms with E-state index in [9.17, 15) is 42.4 Å². The number of carbonyl (C=O) groups is 1. The second-order valence-corrected chi connectivity index (χ2v) is 13.7. The first kappa shape index (κ1) is 41.5. The molecule has 272 valence electrons. The Balaban J connectivity index is 1.79. The second-order valence-electron chi connectivity index (χ2n) is 11.9. The van der Waals surface area contributed by atoms with Crippen LogP contribution >= 0.6 is 20.0 Å². The number of nitrogens with zero attached hydrogens (tertiary/aromatic N) is 1. The fraction of sp³-hybridized carbons (Fsp3) is 0.828. The van der Waals surface area contributed by atoms with Crippen molar-refractivity contribution in [2.45, 2.75) is 127 Å². The van der Waals surface area contributed by atoms with Crippen LogP contribution in [0.25, 0.3) is 0 Å². The van der Waals surface area contributed by atoms with E-state index in [4.69, 9.17) is 30.7 Å². The number of H-pyrrole nitrogens is 1. The summed E-state index contributed by atoms with van der Waals surface area (Å²) in [6, 6.07) is -0.330. The fourth-order valence-corrected chi connectivity index (χ4v) is 6.08. The average Bonchev–Trinajstić information content (AvgIpc) is 3.21. The number of aromatic amines is 1. The van der Waals surface area contributed by atoms with Crippen LogP contribution in [-0.2, 0) is 27.9 Å². The van der Waals surface area contributed by atoms with Gasteiger partial charge in [-0.2, -0.15) is 13.2 Å². The topological polar surface area (TPSA) is 182 Å². The van der Waals surface area contributed by atoms with Crippen molar-refractivity contribution in [2.24, 2.45) is 0 Å². The van der Waals surface area contributed by atoms with Gasteiger partial charge >= 0.3 is 19.9 Å². The van der Waals surface area contributed by atoms with Crippen molar-refractivity contribution in [3.63, 3.8) is 0 Å². The summed E-state index contributed by atoms with van der Waals surface area (Å²) in [4.78, 5) is 35.5. The number of phosphoric acid groups is 1. The summed E-state index contributed by atoms with van der Waals surface area (Å²) in [5.74, 6) is -2.27. The Morgan fingerprint density at radius 2 is 1.68 bits per heavy atom. The lowest BCUT2D eigenvalue weighted by Gasteiger charge is -2.28. The van der Waals surface area contributed by atoms with Gasteiger partial charge in [-0.15, -0.1) is 0 Å². The summed E-state index contributed by atoms with van der Waals surface area (Å²) in [7, 11) is -4.97. The molecule has 0 radical (unpaired) electrons. The van der Waals surface area contributed by atoms with Gasteiger partial charge in [0.2, 0.25) is 0 Å². The van der Waals surface area contributed by atoms with Crippen LogP contribution in [-0.4, -0.2) is 87.0 Å². The van der Waals surface area contributed by atoms with E-state index in [1.807, 2.05) is 0 Å². The van der Waals surface area contributed by atoms with Crippen molar-refractivity contribution in [3.8, 4) is 0 Å². The molecule has 0 saturated carbocycles. The molecule has 47 heavy (non-hydrogen) atoms. The van der Waals surface area contributed by atoms with E-state index in [0.29, 0.717) is 6.42 Å². The van der Waals surface area contributed by atoms with Gasteiger partial charge < -0.3 is 29.9 Å². The predicted molar refractivity (Wildman–Crippen MR) is 168 cm³/mol. The number of aromatic nitrogens is 2. The maximum atomic E-state index is 12.9. The van der Waals surface area contributed by atoms with Crippen molar-refractivity contribution >= 4 is 25.9 Å². The van der Waals surface area contributed by atoms with E-state index in [-0.39, 0.29) is 11.4 Å². The lowest BCUT2D eigenvalue weighted by Crippen LogP contribution is -2.47. The van der Waals surface area contributed by atoms with E-state index < -0.39 is 75.4 Å². The number of amides is 1. The molecular weight excluding hydrogens is 670 g/mol. The molecule has 1 amide bonds. The van der Waals surface area contributed by atoms with Crippen LogP contribution in [0.5, 0.6) is 0 Å². The maximum Gasteiger partial charge on any atom is 0.472 e. The number of aliphatic hydroxyl groups excluding tert-OH is 1. The molecule has 2 unspecified atom stereocenters. The van der Waals surface area contributed by atoms with Crippen LogP contribution in [0.3, 0.4) is 0 Å². The number of nitrogens with one attached hydrogen (secondary N) is 2. The first-order valence-electron chi connectivity index (χ1n) is 16.0. The molecule has 0 bridgehead atoms. The third kappa shape index (κ3) is 14.8.